The number of ether oxygens (including phenoxy) is 1. The molecular formula is C27H24F6N6O. The van der Waals surface area contributed by atoms with E-state index in [0.717, 1.165) is 18.2 Å². The zero-order chi connectivity index (χ0) is 28.7. The van der Waals surface area contributed by atoms with Gasteiger partial charge in [-0.1, -0.05) is 0 Å². The lowest BCUT2D eigenvalue weighted by atomic mass is 10.1. The molecule has 1 saturated heterocycles. The molecule has 0 saturated carbocycles. The van der Waals surface area contributed by atoms with Gasteiger partial charge in [0.15, 0.2) is 5.65 Å². The maximum absolute atomic E-state index is 13.7. The average molecular weight is 563 g/mol. The van der Waals surface area contributed by atoms with Crippen molar-refractivity contribution in [3.8, 4) is 11.4 Å². The van der Waals surface area contributed by atoms with Crippen molar-refractivity contribution in [2.75, 3.05) is 18.4 Å². The second kappa shape index (κ2) is 10.6. The summed E-state index contributed by atoms with van der Waals surface area (Å²) in [5.41, 5.74) is -1.66. The molecule has 5 rings (SSSR count). The van der Waals surface area contributed by atoms with E-state index in [-0.39, 0.29) is 35.1 Å². The highest BCUT2D eigenvalue weighted by molar-refractivity contribution is 5.90. The number of fused-ring (bicyclic) bond motifs is 1. The standard InChI is InChI=1S/C27H24F6N6O/c1-15-12-39(13-16(2)40-15)14-22-37-24(35-18-7-5-17(6-8-18)26(28,29)30)19-9-10-21(36-25(19)38-22)23-20(27(31,32)33)4-3-11-34-23/h3-11,15-16H,12-14H2,1-2H3,(H,35,36,37,38). The van der Waals surface area contributed by atoms with Crippen molar-refractivity contribution in [2.24, 2.45) is 0 Å². The van der Waals surface area contributed by atoms with Crippen molar-refractivity contribution in [3.05, 3.63) is 71.7 Å². The third-order valence-electron chi connectivity index (χ3n) is 6.30. The van der Waals surface area contributed by atoms with E-state index in [2.05, 4.69) is 30.2 Å². The van der Waals surface area contributed by atoms with Crippen LogP contribution < -0.4 is 5.32 Å². The maximum atomic E-state index is 13.7. The van der Waals surface area contributed by atoms with Crippen molar-refractivity contribution in [1.82, 2.24) is 24.8 Å². The lowest BCUT2D eigenvalue weighted by Crippen LogP contribution is -2.45. The first-order chi connectivity index (χ1) is 18.9. The SMILES string of the molecule is CC1CN(Cc2nc(Nc3ccc(C(F)(F)F)cc3)c3ccc(-c4ncccc4C(F)(F)F)nc3n2)CC(C)O1. The van der Waals surface area contributed by atoms with Gasteiger partial charge in [-0.2, -0.15) is 26.3 Å². The Bertz CT molecular complexity index is 1500. The topological polar surface area (TPSA) is 76.1 Å². The summed E-state index contributed by atoms with van der Waals surface area (Å²) in [5, 5.41) is 3.39. The molecule has 1 fully saturated rings. The van der Waals surface area contributed by atoms with E-state index >= 15 is 0 Å². The summed E-state index contributed by atoms with van der Waals surface area (Å²) in [6.07, 6.45) is -7.93. The Morgan fingerprint density at radius 1 is 0.875 bits per heavy atom. The number of hydrogen-bond acceptors (Lipinski definition) is 7. The van der Waals surface area contributed by atoms with Crippen molar-refractivity contribution in [2.45, 2.75) is 45.0 Å². The molecule has 0 bridgehead atoms. The number of alkyl halides is 6. The number of pyridine rings is 2. The first kappa shape index (κ1) is 27.7. The molecule has 0 spiro atoms. The molecule has 3 aromatic heterocycles. The second-order valence-electron chi connectivity index (χ2n) is 9.60. The van der Waals surface area contributed by atoms with Gasteiger partial charge in [-0.15, -0.1) is 0 Å². The zero-order valence-electron chi connectivity index (χ0n) is 21.4. The number of aromatic nitrogens is 4. The molecule has 2 unspecified atom stereocenters. The van der Waals surface area contributed by atoms with Gasteiger partial charge >= 0.3 is 12.4 Å². The first-order valence-electron chi connectivity index (χ1n) is 12.4. The molecule has 40 heavy (non-hydrogen) atoms. The number of nitrogens with one attached hydrogen (secondary N) is 1. The number of anilines is 2. The van der Waals surface area contributed by atoms with Crippen LogP contribution in [0.1, 0.15) is 30.8 Å². The van der Waals surface area contributed by atoms with Gasteiger partial charge in [0.2, 0.25) is 0 Å². The number of hydrogen-bond donors (Lipinski definition) is 1. The maximum Gasteiger partial charge on any atom is 0.418 e. The number of rotatable bonds is 5. The Morgan fingerprint density at radius 3 is 2.23 bits per heavy atom. The molecule has 1 aromatic carbocycles. The molecule has 0 amide bonds. The van der Waals surface area contributed by atoms with Crippen LogP contribution in [0.2, 0.25) is 0 Å². The van der Waals surface area contributed by atoms with E-state index in [9.17, 15) is 26.3 Å². The Hall–Kier alpha value is -3.84. The third-order valence-corrected chi connectivity index (χ3v) is 6.30. The van der Waals surface area contributed by atoms with Gasteiger partial charge in [0.25, 0.3) is 0 Å². The molecule has 4 aromatic rings. The summed E-state index contributed by atoms with van der Waals surface area (Å²) < 4.78 is 85.8. The van der Waals surface area contributed by atoms with Crippen molar-refractivity contribution >= 4 is 22.5 Å². The van der Waals surface area contributed by atoms with Crippen molar-refractivity contribution in [3.63, 3.8) is 0 Å². The zero-order valence-corrected chi connectivity index (χ0v) is 21.4. The van der Waals surface area contributed by atoms with Gasteiger partial charge in [0, 0.05) is 25.0 Å². The molecule has 1 aliphatic rings. The molecule has 1 N–H and O–H groups in total. The predicted molar refractivity (Wildman–Crippen MR) is 136 cm³/mol. The number of halogens is 6. The van der Waals surface area contributed by atoms with E-state index in [0.29, 0.717) is 36.5 Å². The Kier molecular flexibility index (Phi) is 7.36. The highest BCUT2D eigenvalue weighted by atomic mass is 19.4. The monoisotopic (exact) mass is 562 g/mol. The fourth-order valence-corrected chi connectivity index (χ4v) is 4.68. The fraction of sp³-hybridized carbons (Fsp3) is 0.333. The van der Waals surface area contributed by atoms with Gasteiger partial charge in [-0.05, 0) is 62.4 Å². The molecule has 210 valence electrons. The van der Waals surface area contributed by atoms with Crippen LogP contribution >= 0.6 is 0 Å². The van der Waals surface area contributed by atoms with E-state index in [1.807, 2.05) is 13.8 Å². The lowest BCUT2D eigenvalue weighted by molar-refractivity contribution is -0.138. The van der Waals surface area contributed by atoms with Crippen molar-refractivity contribution in [1.29, 1.82) is 0 Å². The van der Waals surface area contributed by atoms with E-state index in [1.54, 1.807) is 0 Å². The minimum atomic E-state index is -4.64. The van der Waals surface area contributed by atoms with Gasteiger partial charge in [0.1, 0.15) is 17.3 Å². The first-order valence-corrected chi connectivity index (χ1v) is 12.4. The molecule has 1 aliphatic heterocycles. The summed E-state index contributed by atoms with van der Waals surface area (Å²) in [6, 6.07) is 9.45. The number of morpholine rings is 1. The fourth-order valence-electron chi connectivity index (χ4n) is 4.68. The van der Waals surface area contributed by atoms with Crippen molar-refractivity contribution < 1.29 is 31.1 Å². The second-order valence-corrected chi connectivity index (χ2v) is 9.60. The highest BCUT2D eigenvalue weighted by Crippen LogP contribution is 2.36. The van der Waals surface area contributed by atoms with Crippen LogP contribution in [-0.2, 0) is 23.6 Å². The normalized spacial score (nSPS) is 18.7. The van der Waals surface area contributed by atoms with Crippen LogP contribution in [0.15, 0.2) is 54.7 Å². The number of benzene rings is 1. The molecule has 0 radical (unpaired) electrons. The molecule has 4 heterocycles. The molecule has 0 aliphatic carbocycles. The summed E-state index contributed by atoms with van der Waals surface area (Å²) in [7, 11) is 0. The van der Waals surface area contributed by atoms with Crippen LogP contribution in [-0.4, -0.2) is 50.1 Å². The van der Waals surface area contributed by atoms with Gasteiger partial charge in [0.05, 0.1) is 41.0 Å². The minimum Gasteiger partial charge on any atom is -0.373 e. The Morgan fingerprint density at radius 2 is 1.57 bits per heavy atom. The van der Waals surface area contributed by atoms with Gasteiger partial charge in [-0.3, -0.25) is 9.88 Å². The lowest BCUT2D eigenvalue weighted by Gasteiger charge is -2.34. The van der Waals surface area contributed by atoms with Gasteiger partial charge in [-0.25, -0.2) is 15.0 Å². The largest absolute Gasteiger partial charge is 0.418 e. The summed E-state index contributed by atoms with van der Waals surface area (Å²) in [5.74, 6) is 0.593. The smallest absolute Gasteiger partial charge is 0.373 e. The Labute approximate surface area is 225 Å². The molecule has 13 heteroatoms. The van der Waals surface area contributed by atoms with Crippen LogP contribution in [0, 0.1) is 0 Å². The molecule has 2 atom stereocenters. The third kappa shape index (κ3) is 6.15. The summed E-state index contributed by atoms with van der Waals surface area (Å²) in [6.45, 7) is 5.42. The highest BCUT2D eigenvalue weighted by Gasteiger charge is 2.35. The van der Waals surface area contributed by atoms with Crippen LogP contribution in [0.5, 0.6) is 0 Å². The summed E-state index contributed by atoms with van der Waals surface area (Å²) in [4.78, 5) is 19.6. The Balaban J connectivity index is 1.57. The quantitative estimate of drug-likeness (QED) is 0.279. The molecular weight excluding hydrogens is 538 g/mol. The van der Waals surface area contributed by atoms with Crippen LogP contribution in [0.3, 0.4) is 0 Å². The van der Waals surface area contributed by atoms with Crippen LogP contribution in [0.4, 0.5) is 37.8 Å². The predicted octanol–water partition coefficient (Wildman–Crippen LogP) is 6.48. The van der Waals surface area contributed by atoms with E-state index < -0.39 is 23.5 Å². The summed E-state index contributed by atoms with van der Waals surface area (Å²) >= 11 is 0. The van der Waals surface area contributed by atoms with Crippen LogP contribution in [0.25, 0.3) is 22.4 Å². The van der Waals surface area contributed by atoms with E-state index in [4.69, 9.17) is 4.74 Å². The average Bonchev–Trinajstić information content (AvgIpc) is 2.87. The molecule has 7 nitrogen and oxygen atoms in total. The van der Waals surface area contributed by atoms with Gasteiger partial charge < -0.3 is 10.1 Å². The van der Waals surface area contributed by atoms with E-state index in [1.165, 1.54) is 36.5 Å². The minimum absolute atomic E-state index is 0.0244. The number of nitrogens with zero attached hydrogens (tertiary/aromatic N) is 5.